The molecule has 3 rings (SSSR count). The van der Waals surface area contributed by atoms with Crippen LogP contribution in [0.5, 0.6) is 0 Å². The number of nitrogens with zero attached hydrogens (tertiary/aromatic N) is 1. The number of rotatable bonds is 8. The zero-order valence-corrected chi connectivity index (χ0v) is 14.4. The first kappa shape index (κ1) is 17.2. The molecule has 0 bridgehead atoms. The predicted molar refractivity (Wildman–Crippen MR) is 99.2 cm³/mol. The van der Waals surface area contributed by atoms with Crippen LogP contribution in [0.4, 0.5) is 0 Å². The second-order valence-electron chi connectivity index (χ2n) is 6.37. The van der Waals surface area contributed by atoms with E-state index in [4.69, 9.17) is 4.74 Å². The highest BCUT2D eigenvalue weighted by Gasteiger charge is 2.14. The Bertz CT molecular complexity index is 527. The minimum absolute atomic E-state index is 0.0339. The van der Waals surface area contributed by atoms with Gasteiger partial charge in [-0.05, 0) is 30.5 Å². The van der Waals surface area contributed by atoms with Crippen LogP contribution in [-0.2, 0) is 4.74 Å². The maximum absolute atomic E-state index is 6.27. The second kappa shape index (κ2) is 9.58. The maximum atomic E-state index is 6.27. The molecule has 3 heteroatoms. The summed E-state index contributed by atoms with van der Waals surface area (Å²) in [7, 11) is 0. The predicted octanol–water partition coefficient (Wildman–Crippen LogP) is 3.48. The lowest BCUT2D eigenvalue weighted by Gasteiger charge is -2.27. The molecule has 1 fully saturated rings. The van der Waals surface area contributed by atoms with E-state index in [0.717, 1.165) is 26.1 Å². The van der Waals surface area contributed by atoms with Crippen LogP contribution in [-0.4, -0.2) is 44.2 Å². The van der Waals surface area contributed by atoms with Gasteiger partial charge >= 0.3 is 0 Å². The van der Waals surface area contributed by atoms with E-state index in [1.807, 2.05) is 0 Å². The van der Waals surface area contributed by atoms with Crippen molar-refractivity contribution in [2.24, 2.45) is 0 Å². The number of hydrogen-bond acceptors (Lipinski definition) is 3. The van der Waals surface area contributed by atoms with Gasteiger partial charge in [-0.15, -0.1) is 0 Å². The number of hydrogen-bond donors (Lipinski definition) is 1. The fraction of sp³-hybridized carbons (Fsp3) is 0.429. The quantitative estimate of drug-likeness (QED) is 0.753. The molecule has 0 saturated carbocycles. The van der Waals surface area contributed by atoms with Crippen LogP contribution in [0, 0.1) is 0 Å². The first-order chi connectivity index (χ1) is 11.9. The molecule has 1 aliphatic heterocycles. The molecule has 24 heavy (non-hydrogen) atoms. The summed E-state index contributed by atoms with van der Waals surface area (Å²) in [4.78, 5) is 2.54. The molecule has 0 radical (unpaired) electrons. The Balaban J connectivity index is 1.49. The minimum Gasteiger partial charge on any atom is -0.369 e. The zero-order valence-electron chi connectivity index (χ0n) is 14.4. The van der Waals surface area contributed by atoms with E-state index in [0.29, 0.717) is 0 Å². The lowest BCUT2D eigenvalue weighted by atomic mass is 10.0. The highest BCUT2D eigenvalue weighted by molar-refractivity contribution is 5.29. The van der Waals surface area contributed by atoms with Gasteiger partial charge < -0.3 is 15.0 Å². The molecular weight excluding hydrogens is 296 g/mol. The molecule has 128 valence electrons. The van der Waals surface area contributed by atoms with E-state index in [9.17, 15) is 0 Å². The van der Waals surface area contributed by atoms with Gasteiger partial charge in [-0.2, -0.15) is 0 Å². The van der Waals surface area contributed by atoms with Crippen LogP contribution in [0.15, 0.2) is 60.7 Å². The largest absolute Gasteiger partial charge is 0.369 e. The standard InChI is InChI=1S/C21H28N2O/c1-3-9-19(10-4-1)21(20-11-5-2-6-12-20)24-18-8-7-15-23-16-13-22-14-17-23/h1-6,9-12,21-22H,7-8,13-18H2. The van der Waals surface area contributed by atoms with E-state index in [1.54, 1.807) is 0 Å². The Morgan fingerprint density at radius 1 is 0.833 bits per heavy atom. The first-order valence-corrected chi connectivity index (χ1v) is 9.08. The molecule has 0 amide bonds. The van der Waals surface area contributed by atoms with Crippen molar-refractivity contribution >= 4 is 0 Å². The van der Waals surface area contributed by atoms with Crippen molar-refractivity contribution < 1.29 is 4.74 Å². The molecular formula is C21H28N2O. The Labute approximate surface area is 145 Å². The number of benzene rings is 2. The molecule has 0 unspecified atom stereocenters. The van der Waals surface area contributed by atoms with Gasteiger partial charge in [-0.1, -0.05) is 60.7 Å². The van der Waals surface area contributed by atoms with Crippen molar-refractivity contribution in [1.82, 2.24) is 10.2 Å². The Morgan fingerprint density at radius 2 is 1.42 bits per heavy atom. The average Bonchev–Trinajstić information content (AvgIpc) is 2.67. The SMILES string of the molecule is c1ccc(C(OCCCCN2CCNCC2)c2ccccc2)cc1. The van der Waals surface area contributed by atoms with E-state index in [2.05, 4.69) is 70.9 Å². The summed E-state index contributed by atoms with van der Waals surface area (Å²) in [6.45, 7) is 6.60. The third-order valence-electron chi connectivity index (χ3n) is 4.57. The van der Waals surface area contributed by atoms with Crippen molar-refractivity contribution in [2.75, 3.05) is 39.3 Å². The van der Waals surface area contributed by atoms with Gasteiger partial charge in [0.05, 0.1) is 0 Å². The van der Waals surface area contributed by atoms with Crippen molar-refractivity contribution in [3.05, 3.63) is 71.8 Å². The molecule has 0 spiro atoms. The van der Waals surface area contributed by atoms with Gasteiger partial charge in [-0.25, -0.2) is 0 Å². The van der Waals surface area contributed by atoms with E-state index < -0.39 is 0 Å². The number of ether oxygens (including phenoxy) is 1. The van der Waals surface area contributed by atoms with Crippen LogP contribution in [0.3, 0.4) is 0 Å². The number of piperazine rings is 1. The summed E-state index contributed by atoms with van der Waals surface area (Å²) >= 11 is 0. The maximum Gasteiger partial charge on any atom is 0.108 e. The van der Waals surface area contributed by atoms with Crippen LogP contribution in [0.2, 0.25) is 0 Å². The van der Waals surface area contributed by atoms with Crippen LogP contribution >= 0.6 is 0 Å². The molecule has 0 aromatic heterocycles. The normalized spacial score (nSPS) is 15.7. The van der Waals surface area contributed by atoms with Crippen LogP contribution in [0.25, 0.3) is 0 Å². The topological polar surface area (TPSA) is 24.5 Å². The number of unbranched alkanes of at least 4 members (excludes halogenated alkanes) is 1. The monoisotopic (exact) mass is 324 g/mol. The van der Waals surface area contributed by atoms with Gasteiger partial charge in [0.25, 0.3) is 0 Å². The Hall–Kier alpha value is -1.68. The third-order valence-corrected chi connectivity index (χ3v) is 4.57. The summed E-state index contributed by atoms with van der Waals surface area (Å²) in [5.41, 5.74) is 2.46. The molecule has 2 aromatic rings. The smallest absolute Gasteiger partial charge is 0.108 e. The van der Waals surface area contributed by atoms with Gasteiger partial charge in [0.15, 0.2) is 0 Å². The summed E-state index contributed by atoms with van der Waals surface area (Å²) in [5.74, 6) is 0. The van der Waals surface area contributed by atoms with E-state index in [1.165, 1.54) is 37.2 Å². The fourth-order valence-corrected chi connectivity index (χ4v) is 3.21. The molecule has 0 aliphatic carbocycles. The average molecular weight is 324 g/mol. The van der Waals surface area contributed by atoms with E-state index in [-0.39, 0.29) is 6.10 Å². The molecule has 1 aliphatic rings. The van der Waals surface area contributed by atoms with Crippen molar-refractivity contribution in [3.63, 3.8) is 0 Å². The van der Waals surface area contributed by atoms with Crippen molar-refractivity contribution in [2.45, 2.75) is 18.9 Å². The van der Waals surface area contributed by atoms with Gasteiger partial charge in [0.2, 0.25) is 0 Å². The molecule has 1 heterocycles. The van der Waals surface area contributed by atoms with Crippen LogP contribution in [0.1, 0.15) is 30.1 Å². The first-order valence-electron chi connectivity index (χ1n) is 9.08. The minimum atomic E-state index is 0.0339. The fourth-order valence-electron chi connectivity index (χ4n) is 3.21. The molecule has 1 N–H and O–H groups in total. The highest BCUT2D eigenvalue weighted by atomic mass is 16.5. The number of nitrogens with one attached hydrogen (secondary N) is 1. The Morgan fingerprint density at radius 3 is 2.00 bits per heavy atom. The van der Waals surface area contributed by atoms with Crippen LogP contribution < -0.4 is 5.32 Å². The van der Waals surface area contributed by atoms with Gasteiger partial charge in [0, 0.05) is 32.8 Å². The van der Waals surface area contributed by atoms with Crippen molar-refractivity contribution in [3.8, 4) is 0 Å². The zero-order chi connectivity index (χ0) is 16.5. The summed E-state index contributed by atoms with van der Waals surface area (Å²) in [6.07, 6.45) is 2.35. The Kier molecular flexibility index (Phi) is 6.84. The summed E-state index contributed by atoms with van der Waals surface area (Å²) in [6, 6.07) is 21.0. The second-order valence-corrected chi connectivity index (χ2v) is 6.37. The molecule has 2 aromatic carbocycles. The molecule has 0 atom stereocenters. The van der Waals surface area contributed by atoms with Crippen molar-refractivity contribution in [1.29, 1.82) is 0 Å². The lowest BCUT2D eigenvalue weighted by Crippen LogP contribution is -2.43. The summed E-state index contributed by atoms with van der Waals surface area (Å²) < 4.78 is 6.27. The molecule has 3 nitrogen and oxygen atoms in total. The van der Waals surface area contributed by atoms with E-state index >= 15 is 0 Å². The lowest BCUT2D eigenvalue weighted by molar-refractivity contribution is 0.0750. The third kappa shape index (κ3) is 5.17. The van der Waals surface area contributed by atoms with Gasteiger partial charge in [0.1, 0.15) is 6.10 Å². The van der Waals surface area contributed by atoms with Gasteiger partial charge in [-0.3, -0.25) is 0 Å². The molecule has 1 saturated heterocycles. The summed E-state index contributed by atoms with van der Waals surface area (Å²) in [5, 5.41) is 3.40. The highest BCUT2D eigenvalue weighted by Crippen LogP contribution is 2.25.